The van der Waals surface area contributed by atoms with E-state index in [1.807, 2.05) is 13.8 Å². The molecule has 1 heterocycles. The number of nitrogens with one attached hydrogen (secondary N) is 1. The number of aryl methyl sites for hydroxylation is 1. The quantitative estimate of drug-likeness (QED) is 0.878. The molecule has 1 fully saturated rings. The van der Waals surface area contributed by atoms with Crippen LogP contribution in [-0.4, -0.2) is 30.7 Å². The molecule has 1 amide bonds. The van der Waals surface area contributed by atoms with Crippen molar-refractivity contribution < 1.29 is 14.3 Å². The number of aromatic nitrogens is 1. The largest absolute Gasteiger partial charge is 0.496 e. The van der Waals surface area contributed by atoms with Gasteiger partial charge < -0.3 is 14.8 Å². The number of amides is 1. The van der Waals surface area contributed by atoms with Crippen LogP contribution in [0.3, 0.4) is 0 Å². The molecule has 5 heteroatoms. The Kier molecular flexibility index (Phi) is 6.19. The first-order chi connectivity index (χ1) is 10.6. The van der Waals surface area contributed by atoms with Crippen LogP contribution in [0.25, 0.3) is 0 Å². The van der Waals surface area contributed by atoms with E-state index in [0.717, 1.165) is 35.4 Å². The summed E-state index contributed by atoms with van der Waals surface area (Å²) in [5.41, 5.74) is 2.79. The van der Waals surface area contributed by atoms with Gasteiger partial charge in [0.25, 0.3) is 0 Å². The molecule has 1 aromatic heterocycles. The summed E-state index contributed by atoms with van der Waals surface area (Å²) in [5.74, 6) is 0.740. The van der Waals surface area contributed by atoms with Crippen LogP contribution in [0.1, 0.15) is 48.9 Å². The van der Waals surface area contributed by atoms with Crippen LogP contribution in [0, 0.1) is 13.8 Å². The zero-order chi connectivity index (χ0) is 15.9. The first kappa shape index (κ1) is 16.7. The van der Waals surface area contributed by atoms with Gasteiger partial charge in [0, 0.05) is 17.3 Å². The first-order valence-corrected chi connectivity index (χ1v) is 7.99. The average molecular weight is 306 g/mol. The van der Waals surface area contributed by atoms with E-state index in [9.17, 15) is 4.79 Å². The van der Waals surface area contributed by atoms with Gasteiger partial charge in [0.05, 0.1) is 25.5 Å². The first-order valence-electron chi connectivity index (χ1n) is 7.99. The van der Waals surface area contributed by atoms with Crippen molar-refractivity contribution in [3.05, 3.63) is 23.0 Å². The van der Waals surface area contributed by atoms with Gasteiger partial charge in [0.2, 0.25) is 5.91 Å². The van der Waals surface area contributed by atoms with Gasteiger partial charge in [-0.2, -0.15) is 0 Å². The van der Waals surface area contributed by atoms with Crippen LogP contribution in [0.4, 0.5) is 0 Å². The highest BCUT2D eigenvalue weighted by molar-refractivity contribution is 5.77. The summed E-state index contributed by atoms with van der Waals surface area (Å²) in [7, 11) is 1.65. The van der Waals surface area contributed by atoms with Crippen molar-refractivity contribution in [3.8, 4) is 5.75 Å². The summed E-state index contributed by atoms with van der Waals surface area (Å²) in [6.45, 7) is 4.44. The van der Waals surface area contributed by atoms with Gasteiger partial charge >= 0.3 is 0 Å². The zero-order valence-electron chi connectivity index (χ0n) is 13.8. The molecule has 0 atom stereocenters. The minimum Gasteiger partial charge on any atom is -0.496 e. The van der Waals surface area contributed by atoms with E-state index in [-0.39, 0.29) is 18.6 Å². The Morgan fingerprint density at radius 2 is 2.05 bits per heavy atom. The maximum Gasteiger partial charge on any atom is 0.246 e. The fraction of sp³-hybridized carbons (Fsp3) is 0.647. The predicted octanol–water partition coefficient (Wildman–Crippen LogP) is 2.67. The molecule has 0 aliphatic heterocycles. The van der Waals surface area contributed by atoms with Gasteiger partial charge in [-0.05, 0) is 26.7 Å². The number of nitrogens with zero attached hydrogens (tertiary/aromatic N) is 1. The summed E-state index contributed by atoms with van der Waals surface area (Å²) in [5, 5.41) is 2.87. The monoisotopic (exact) mass is 306 g/mol. The Hall–Kier alpha value is -1.62. The van der Waals surface area contributed by atoms with Gasteiger partial charge in [0.15, 0.2) is 0 Å². The summed E-state index contributed by atoms with van der Waals surface area (Å²) in [4.78, 5) is 16.3. The van der Waals surface area contributed by atoms with Crippen LogP contribution >= 0.6 is 0 Å². The topological polar surface area (TPSA) is 60.5 Å². The molecule has 0 saturated heterocycles. The molecule has 1 aliphatic carbocycles. The van der Waals surface area contributed by atoms with Crippen molar-refractivity contribution in [2.45, 2.75) is 58.6 Å². The number of methoxy groups -OCH3 is 1. The van der Waals surface area contributed by atoms with E-state index < -0.39 is 0 Å². The molecule has 22 heavy (non-hydrogen) atoms. The fourth-order valence-electron chi connectivity index (χ4n) is 2.91. The standard InChI is InChI=1S/C17H26N2O3/c1-12-9-18-15(13(2)17(12)21-3)10-19-16(20)11-22-14-7-5-4-6-8-14/h9,14H,4-8,10-11H2,1-3H3,(H,19,20). The summed E-state index contributed by atoms with van der Waals surface area (Å²) in [6.07, 6.45) is 7.86. The molecular weight excluding hydrogens is 280 g/mol. The maximum absolute atomic E-state index is 11.9. The fourth-order valence-corrected chi connectivity index (χ4v) is 2.91. The average Bonchev–Trinajstić information content (AvgIpc) is 2.53. The Morgan fingerprint density at radius 1 is 1.32 bits per heavy atom. The molecule has 0 radical (unpaired) electrons. The van der Waals surface area contributed by atoms with E-state index in [2.05, 4.69) is 10.3 Å². The highest BCUT2D eigenvalue weighted by Crippen LogP contribution is 2.23. The molecule has 122 valence electrons. The van der Waals surface area contributed by atoms with Crippen molar-refractivity contribution in [2.24, 2.45) is 0 Å². The van der Waals surface area contributed by atoms with Crippen molar-refractivity contribution in [2.75, 3.05) is 13.7 Å². The molecule has 0 aromatic carbocycles. The maximum atomic E-state index is 11.9. The van der Waals surface area contributed by atoms with Gasteiger partial charge in [-0.3, -0.25) is 9.78 Å². The minimum atomic E-state index is -0.0914. The van der Waals surface area contributed by atoms with E-state index in [1.54, 1.807) is 13.3 Å². The Morgan fingerprint density at radius 3 is 2.73 bits per heavy atom. The third-order valence-electron chi connectivity index (χ3n) is 4.21. The van der Waals surface area contributed by atoms with E-state index in [4.69, 9.17) is 9.47 Å². The summed E-state index contributed by atoms with van der Waals surface area (Å²) >= 11 is 0. The number of hydrogen-bond donors (Lipinski definition) is 1. The molecule has 0 bridgehead atoms. The third-order valence-corrected chi connectivity index (χ3v) is 4.21. The predicted molar refractivity (Wildman–Crippen MR) is 84.9 cm³/mol. The molecule has 1 N–H and O–H groups in total. The summed E-state index contributed by atoms with van der Waals surface area (Å²) < 4.78 is 11.0. The smallest absolute Gasteiger partial charge is 0.246 e. The van der Waals surface area contributed by atoms with Crippen LogP contribution < -0.4 is 10.1 Å². The number of carbonyl (C=O) groups excluding carboxylic acids is 1. The molecule has 5 nitrogen and oxygen atoms in total. The number of carbonyl (C=O) groups is 1. The molecular formula is C17H26N2O3. The number of pyridine rings is 1. The Bertz CT molecular complexity index is 511. The number of hydrogen-bond acceptors (Lipinski definition) is 4. The lowest BCUT2D eigenvalue weighted by Crippen LogP contribution is -2.30. The molecule has 0 spiro atoms. The van der Waals surface area contributed by atoms with E-state index in [1.165, 1.54) is 19.3 Å². The van der Waals surface area contributed by atoms with Crippen LogP contribution in [0.2, 0.25) is 0 Å². The third kappa shape index (κ3) is 4.44. The second-order valence-electron chi connectivity index (χ2n) is 5.89. The van der Waals surface area contributed by atoms with Crippen molar-refractivity contribution in [1.29, 1.82) is 0 Å². The Labute approximate surface area is 132 Å². The van der Waals surface area contributed by atoms with Crippen LogP contribution in [0.15, 0.2) is 6.20 Å². The summed E-state index contributed by atoms with van der Waals surface area (Å²) in [6, 6.07) is 0. The molecule has 1 saturated carbocycles. The van der Waals surface area contributed by atoms with Gasteiger partial charge in [-0.1, -0.05) is 19.3 Å². The van der Waals surface area contributed by atoms with Crippen molar-refractivity contribution >= 4 is 5.91 Å². The molecule has 1 aliphatic rings. The second kappa shape index (κ2) is 8.13. The van der Waals surface area contributed by atoms with E-state index in [0.29, 0.717) is 6.54 Å². The SMILES string of the molecule is COc1c(C)cnc(CNC(=O)COC2CCCCC2)c1C. The molecule has 2 rings (SSSR count). The highest BCUT2D eigenvalue weighted by atomic mass is 16.5. The Balaban J connectivity index is 1.81. The van der Waals surface area contributed by atoms with Gasteiger partial charge in [-0.15, -0.1) is 0 Å². The molecule has 1 aromatic rings. The van der Waals surface area contributed by atoms with Gasteiger partial charge in [0.1, 0.15) is 12.4 Å². The molecule has 0 unspecified atom stereocenters. The van der Waals surface area contributed by atoms with E-state index >= 15 is 0 Å². The minimum absolute atomic E-state index is 0.0914. The van der Waals surface area contributed by atoms with Crippen LogP contribution in [-0.2, 0) is 16.1 Å². The lowest BCUT2D eigenvalue weighted by atomic mass is 9.98. The second-order valence-corrected chi connectivity index (χ2v) is 5.89. The normalized spacial score (nSPS) is 15.6. The number of rotatable bonds is 6. The van der Waals surface area contributed by atoms with Crippen molar-refractivity contribution in [3.63, 3.8) is 0 Å². The lowest BCUT2D eigenvalue weighted by Gasteiger charge is -2.21. The van der Waals surface area contributed by atoms with Gasteiger partial charge in [-0.25, -0.2) is 0 Å². The highest BCUT2D eigenvalue weighted by Gasteiger charge is 2.15. The van der Waals surface area contributed by atoms with Crippen LogP contribution in [0.5, 0.6) is 5.75 Å². The lowest BCUT2D eigenvalue weighted by molar-refractivity contribution is -0.128. The zero-order valence-corrected chi connectivity index (χ0v) is 13.8. The number of ether oxygens (including phenoxy) is 2. The van der Waals surface area contributed by atoms with Crippen molar-refractivity contribution in [1.82, 2.24) is 10.3 Å².